The number of para-hydroxylation sites is 1. The van der Waals surface area contributed by atoms with Crippen LogP contribution in [-0.2, 0) is 13.2 Å². The molecule has 0 aliphatic carbocycles. The highest BCUT2D eigenvalue weighted by Gasteiger charge is 2.10. The summed E-state index contributed by atoms with van der Waals surface area (Å²) in [7, 11) is 0. The predicted octanol–water partition coefficient (Wildman–Crippen LogP) is 4.96. The van der Waals surface area contributed by atoms with Gasteiger partial charge in [0.2, 0.25) is 0 Å². The van der Waals surface area contributed by atoms with Crippen molar-refractivity contribution in [1.29, 1.82) is 0 Å². The number of halogens is 1. The molecule has 0 aliphatic heterocycles. The lowest BCUT2D eigenvalue weighted by molar-refractivity contribution is 0.0950. The fourth-order valence-corrected chi connectivity index (χ4v) is 2.91. The second kappa shape index (κ2) is 8.49. The van der Waals surface area contributed by atoms with E-state index in [1.54, 1.807) is 6.07 Å². The van der Waals surface area contributed by atoms with Crippen LogP contribution in [0.3, 0.4) is 0 Å². The fourth-order valence-electron chi connectivity index (χ4n) is 2.44. The summed E-state index contributed by atoms with van der Waals surface area (Å²) < 4.78 is 6.70. The number of benzene rings is 3. The molecule has 0 aliphatic rings. The first-order valence-corrected chi connectivity index (χ1v) is 8.80. The first kappa shape index (κ1) is 17.2. The number of carbonyl (C=O) groups is 1. The van der Waals surface area contributed by atoms with Gasteiger partial charge in [-0.2, -0.15) is 0 Å². The molecule has 0 bridgehead atoms. The van der Waals surface area contributed by atoms with Crippen LogP contribution in [0.5, 0.6) is 5.75 Å². The molecule has 1 amide bonds. The molecular formula is C21H18BrNO2. The lowest BCUT2D eigenvalue weighted by Gasteiger charge is -2.13. The van der Waals surface area contributed by atoms with Crippen LogP contribution in [0, 0.1) is 0 Å². The normalized spacial score (nSPS) is 10.3. The van der Waals surface area contributed by atoms with Gasteiger partial charge in [-0.25, -0.2) is 0 Å². The Kier molecular flexibility index (Phi) is 5.86. The van der Waals surface area contributed by atoms with E-state index in [0.717, 1.165) is 21.3 Å². The predicted molar refractivity (Wildman–Crippen MR) is 103 cm³/mol. The number of hydrogen-bond donors (Lipinski definition) is 1. The second-order valence-electron chi connectivity index (χ2n) is 5.54. The largest absolute Gasteiger partial charge is 0.489 e. The van der Waals surface area contributed by atoms with Gasteiger partial charge < -0.3 is 10.1 Å². The number of ether oxygens (including phenoxy) is 1. The summed E-state index contributed by atoms with van der Waals surface area (Å²) in [4.78, 5) is 12.3. The topological polar surface area (TPSA) is 38.3 Å². The Hall–Kier alpha value is -2.59. The summed E-state index contributed by atoms with van der Waals surface area (Å²) in [5.41, 5.74) is 2.67. The Labute approximate surface area is 155 Å². The minimum Gasteiger partial charge on any atom is -0.489 e. The number of hydrogen-bond acceptors (Lipinski definition) is 2. The molecule has 0 atom stereocenters. The lowest BCUT2D eigenvalue weighted by Crippen LogP contribution is -2.23. The zero-order valence-corrected chi connectivity index (χ0v) is 15.2. The highest BCUT2D eigenvalue weighted by molar-refractivity contribution is 9.10. The number of rotatable bonds is 6. The quantitative estimate of drug-likeness (QED) is 0.640. The van der Waals surface area contributed by atoms with E-state index in [2.05, 4.69) is 21.2 Å². The Bertz CT molecular complexity index is 849. The highest BCUT2D eigenvalue weighted by Crippen LogP contribution is 2.20. The standard InChI is InChI=1S/C21H18BrNO2/c22-19-12-6-5-11-18(19)21(24)23-14-17-10-4-7-13-20(17)25-15-16-8-2-1-3-9-16/h1-13H,14-15H2,(H,23,24). The number of nitrogens with one attached hydrogen (secondary N) is 1. The summed E-state index contributed by atoms with van der Waals surface area (Å²) in [6, 6.07) is 25.1. The maximum absolute atomic E-state index is 12.3. The van der Waals surface area contributed by atoms with Gasteiger partial charge >= 0.3 is 0 Å². The maximum Gasteiger partial charge on any atom is 0.252 e. The van der Waals surface area contributed by atoms with Gasteiger partial charge in [0.05, 0.1) is 5.56 Å². The van der Waals surface area contributed by atoms with Crippen LogP contribution < -0.4 is 10.1 Å². The van der Waals surface area contributed by atoms with Gasteiger partial charge in [0.25, 0.3) is 5.91 Å². The monoisotopic (exact) mass is 395 g/mol. The van der Waals surface area contributed by atoms with E-state index in [-0.39, 0.29) is 5.91 Å². The van der Waals surface area contributed by atoms with E-state index >= 15 is 0 Å². The Morgan fingerprint density at radius 2 is 1.56 bits per heavy atom. The van der Waals surface area contributed by atoms with Crippen molar-refractivity contribution in [3.63, 3.8) is 0 Å². The van der Waals surface area contributed by atoms with Gasteiger partial charge in [-0.15, -0.1) is 0 Å². The molecule has 0 unspecified atom stereocenters. The van der Waals surface area contributed by atoms with Crippen LogP contribution in [0.2, 0.25) is 0 Å². The highest BCUT2D eigenvalue weighted by atomic mass is 79.9. The van der Waals surface area contributed by atoms with Crippen LogP contribution in [0.25, 0.3) is 0 Å². The average Bonchev–Trinajstić information content (AvgIpc) is 2.66. The second-order valence-corrected chi connectivity index (χ2v) is 6.40. The first-order chi connectivity index (χ1) is 12.2. The number of carbonyl (C=O) groups excluding carboxylic acids is 1. The van der Waals surface area contributed by atoms with E-state index in [1.807, 2.05) is 72.8 Å². The van der Waals surface area contributed by atoms with E-state index in [4.69, 9.17) is 4.74 Å². The molecule has 3 aromatic carbocycles. The third-order valence-electron chi connectivity index (χ3n) is 3.77. The van der Waals surface area contributed by atoms with Gasteiger partial charge in [0.15, 0.2) is 0 Å². The molecule has 3 aromatic rings. The third kappa shape index (κ3) is 4.70. The lowest BCUT2D eigenvalue weighted by atomic mass is 10.1. The van der Waals surface area contributed by atoms with Crippen LogP contribution in [0.1, 0.15) is 21.5 Å². The van der Waals surface area contributed by atoms with Crippen molar-refractivity contribution in [2.45, 2.75) is 13.2 Å². The summed E-state index contributed by atoms with van der Waals surface area (Å²) in [6.07, 6.45) is 0. The van der Waals surface area contributed by atoms with Crippen molar-refractivity contribution in [2.75, 3.05) is 0 Å². The summed E-state index contributed by atoms with van der Waals surface area (Å²) >= 11 is 3.40. The van der Waals surface area contributed by atoms with Crippen LogP contribution in [0.4, 0.5) is 0 Å². The van der Waals surface area contributed by atoms with E-state index in [0.29, 0.717) is 18.7 Å². The van der Waals surface area contributed by atoms with Gasteiger partial charge in [-0.3, -0.25) is 4.79 Å². The van der Waals surface area contributed by atoms with Crippen molar-refractivity contribution in [3.8, 4) is 5.75 Å². The van der Waals surface area contributed by atoms with Crippen molar-refractivity contribution in [3.05, 3.63) is 100 Å². The molecule has 1 N–H and O–H groups in total. The van der Waals surface area contributed by atoms with Gasteiger partial charge in [-0.1, -0.05) is 60.7 Å². The average molecular weight is 396 g/mol. The molecule has 25 heavy (non-hydrogen) atoms. The Morgan fingerprint density at radius 1 is 0.880 bits per heavy atom. The third-order valence-corrected chi connectivity index (χ3v) is 4.46. The van der Waals surface area contributed by atoms with Crippen molar-refractivity contribution >= 4 is 21.8 Å². The molecule has 0 saturated carbocycles. The molecule has 3 nitrogen and oxygen atoms in total. The minimum atomic E-state index is -0.120. The van der Waals surface area contributed by atoms with Crippen LogP contribution >= 0.6 is 15.9 Å². The Balaban J connectivity index is 1.65. The molecular weight excluding hydrogens is 378 g/mol. The van der Waals surface area contributed by atoms with Gasteiger partial charge in [0.1, 0.15) is 12.4 Å². The van der Waals surface area contributed by atoms with E-state index in [1.165, 1.54) is 0 Å². The smallest absolute Gasteiger partial charge is 0.252 e. The van der Waals surface area contributed by atoms with E-state index in [9.17, 15) is 4.79 Å². The molecule has 0 radical (unpaired) electrons. The summed E-state index contributed by atoms with van der Waals surface area (Å²) in [6.45, 7) is 0.904. The zero-order chi connectivity index (χ0) is 17.5. The van der Waals surface area contributed by atoms with Gasteiger partial charge in [-0.05, 0) is 39.7 Å². The molecule has 0 fully saturated rings. The zero-order valence-electron chi connectivity index (χ0n) is 13.6. The molecule has 126 valence electrons. The van der Waals surface area contributed by atoms with Crippen molar-refractivity contribution in [1.82, 2.24) is 5.32 Å². The fraction of sp³-hybridized carbons (Fsp3) is 0.0952. The van der Waals surface area contributed by atoms with Crippen molar-refractivity contribution in [2.24, 2.45) is 0 Å². The summed E-state index contributed by atoms with van der Waals surface area (Å²) in [5.74, 6) is 0.657. The first-order valence-electron chi connectivity index (χ1n) is 8.01. The Morgan fingerprint density at radius 3 is 2.36 bits per heavy atom. The molecule has 4 heteroatoms. The van der Waals surface area contributed by atoms with Crippen LogP contribution in [0.15, 0.2) is 83.3 Å². The minimum absolute atomic E-state index is 0.120. The molecule has 0 heterocycles. The van der Waals surface area contributed by atoms with Crippen molar-refractivity contribution < 1.29 is 9.53 Å². The molecule has 0 aromatic heterocycles. The molecule has 0 spiro atoms. The van der Waals surface area contributed by atoms with E-state index < -0.39 is 0 Å². The number of amides is 1. The SMILES string of the molecule is O=C(NCc1ccccc1OCc1ccccc1)c1ccccc1Br. The summed E-state index contributed by atoms with van der Waals surface area (Å²) in [5, 5.41) is 2.95. The van der Waals surface area contributed by atoms with Gasteiger partial charge in [0, 0.05) is 16.6 Å². The van der Waals surface area contributed by atoms with Crippen LogP contribution in [-0.4, -0.2) is 5.91 Å². The molecule has 0 saturated heterocycles. The maximum atomic E-state index is 12.3. The molecule has 3 rings (SSSR count).